The lowest BCUT2D eigenvalue weighted by molar-refractivity contribution is -0.120. The molecule has 1 aliphatic heterocycles. The Balaban J connectivity index is 1.53. The molecule has 2 amide bonds. The lowest BCUT2D eigenvalue weighted by atomic mass is 9.87. The van der Waals surface area contributed by atoms with Crippen LogP contribution in [0.5, 0.6) is 0 Å². The SMILES string of the molecule is C[C@@H]1CCc2[nH]nc(C(=O)N[C@H]3CCn4nccc4N(C)C3=O)c2C1. The standard InChI is InChI=1S/C17H22N6O2/c1-10-3-4-12-11(9-10)15(21-20-12)16(24)19-13-6-8-23-14(5-7-18-23)22(2)17(13)25/h5,7,10,13H,3-4,6,8-9H2,1-2H3,(H,19,24)(H,20,21)/t10-,13+/m1/s1. The smallest absolute Gasteiger partial charge is 0.272 e. The second-order valence-electron chi connectivity index (χ2n) is 7.00. The molecule has 0 spiro atoms. The molecule has 3 heterocycles. The first-order valence-electron chi connectivity index (χ1n) is 8.71. The maximum atomic E-state index is 12.7. The van der Waals surface area contributed by atoms with Crippen molar-refractivity contribution < 1.29 is 9.59 Å². The van der Waals surface area contributed by atoms with Crippen LogP contribution in [0.1, 0.15) is 41.5 Å². The topological polar surface area (TPSA) is 95.9 Å². The van der Waals surface area contributed by atoms with Gasteiger partial charge in [-0.3, -0.25) is 19.6 Å². The third-order valence-electron chi connectivity index (χ3n) is 5.21. The zero-order valence-corrected chi connectivity index (χ0v) is 14.5. The fourth-order valence-electron chi connectivity index (χ4n) is 3.72. The number of anilines is 1. The van der Waals surface area contributed by atoms with Crippen molar-refractivity contribution in [3.05, 3.63) is 29.2 Å². The molecule has 4 rings (SSSR count). The Morgan fingerprint density at radius 1 is 1.40 bits per heavy atom. The van der Waals surface area contributed by atoms with Crippen LogP contribution in [0.3, 0.4) is 0 Å². The van der Waals surface area contributed by atoms with Crippen molar-refractivity contribution in [1.82, 2.24) is 25.3 Å². The van der Waals surface area contributed by atoms with Crippen LogP contribution in [0.4, 0.5) is 5.82 Å². The number of aromatic amines is 1. The largest absolute Gasteiger partial charge is 0.339 e. The molecule has 2 atom stereocenters. The molecule has 2 aromatic heterocycles. The van der Waals surface area contributed by atoms with Gasteiger partial charge in [0.25, 0.3) is 11.8 Å². The first-order chi connectivity index (χ1) is 12.0. The Kier molecular flexibility index (Phi) is 3.82. The highest BCUT2D eigenvalue weighted by molar-refractivity contribution is 6.01. The van der Waals surface area contributed by atoms with Crippen LogP contribution in [0.2, 0.25) is 0 Å². The van der Waals surface area contributed by atoms with Crippen LogP contribution in [0.25, 0.3) is 0 Å². The molecule has 0 saturated carbocycles. The van der Waals surface area contributed by atoms with E-state index in [4.69, 9.17) is 0 Å². The lowest BCUT2D eigenvalue weighted by Gasteiger charge is -2.21. The number of hydrogen-bond donors (Lipinski definition) is 2. The van der Waals surface area contributed by atoms with Crippen molar-refractivity contribution in [3.8, 4) is 0 Å². The molecule has 0 unspecified atom stereocenters. The van der Waals surface area contributed by atoms with Crippen LogP contribution in [0.15, 0.2) is 12.3 Å². The summed E-state index contributed by atoms with van der Waals surface area (Å²) in [5.41, 5.74) is 2.48. The molecule has 25 heavy (non-hydrogen) atoms. The number of aryl methyl sites for hydroxylation is 2. The quantitative estimate of drug-likeness (QED) is 0.847. The van der Waals surface area contributed by atoms with Gasteiger partial charge in [-0.2, -0.15) is 10.2 Å². The first kappa shape index (κ1) is 15.9. The molecule has 0 saturated heterocycles. The van der Waals surface area contributed by atoms with E-state index in [9.17, 15) is 9.59 Å². The number of fused-ring (bicyclic) bond motifs is 2. The van der Waals surface area contributed by atoms with Gasteiger partial charge in [0, 0.05) is 30.9 Å². The van der Waals surface area contributed by atoms with Gasteiger partial charge in [-0.05, 0) is 31.6 Å². The Morgan fingerprint density at radius 3 is 3.08 bits per heavy atom. The Bertz CT molecular complexity index is 823. The summed E-state index contributed by atoms with van der Waals surface area (Å²) < 4.78 is 1.78. The predicted octanol–water partition coefficient (Wildman–Crippen LogP) is 0.896. The minimum absolute atomic E-state index is 0.134. The number of carbonyl (C=O) groups is 2. The van der Waals surface area contributed by atoms with Crippen molar-refractivity contribution in [2.24, 2.45) is 5.92 Å². The Morgan fingerprint density at radius 2 is 2.24 bits per heavy atom. The van der Waals surface area contributed by atoms with Gasteiger partial charge >= 0.3 is 0 Å². The molecule has 8 nitrogen and oxygen atoms in total. The van der Waals surface area contributed by atoms with E-state index in [1.165, 1.54) is 0 Å². The normalized spacial score (nSPS) is 23.0. The number of H-pyrrole nitrogens is 1. The minimum atomic E-state index is -0.576. The van der Waals surface area contributed by atoms with E-state index < -0.39 is 6.04 Å². The number of likely N-dealkylation sites (N-methyl/N-ethyl adjacent to an activating group) is 1. The minimum Gasteiger partial charge on any atom is -0.339 e. The van der Waals surface area contributed by atoms with Gasteiger partial charge < -0.3 is 5.32 Å². The molecule has 0 fully saturated rings. The van der Waals surface area contributed by atoms with Crippen molar-refractivity contribution in [3.63, 3.8) is 0 Å². The van der Waals surface area contributed by atoms with E-state index in [0.29, 0.717) is 24.6 Å². The van der Waals surface area contributed by atoms with Crippen molar-refractivity contribution in [2.75, 3.05) is 11.9 Å². The van der Waals surface area contributed by atoms with Crippen molar-refractivity contribution in [1.29, 1.82) is 0 Å². The lowest BCUT2D eigenvalue weighted by Crippen LogP contribution is -2.47. The summed E-state index contributed by atoms with van der Waals surface area (Å²) in [6, 6.07) is 1.22. The number of hydrogen-bond acceptors (Lipinski definition) is 4. The summed E-state index contributed by atoms with van der Waals surface area (Å²) in [6.07, 6.45) is 5.06. The summed E-state index contributed by atoms with van der Waals surface area (Å²) in [5.74, 6) is 0.871. The van der Waals surface area contributed by atoms with E-state index in [1.54, 1.807) is 28.9 Å². The highest BCUT2D eigenvalue weighted by Crippen LogP contribution is 2.26. The second kappa shape index (κ2) is 6.02. The number of amides is 2. The monoisotopic (exact) mass is 342 g/mol. The predicted molar refractivity (Wildman–Crippen MR) is 91.3 cm³/mol. The number of rotatable bonds is 2. The van der Waals surface area contributed by atoms with Gasteiger partial charge in [-0.15, -0.1) is 0 Å². The summed E-state index contributed by atoms with van der Waals surface area (Å²) in [7, 11) is 1.71. The molecule has 2 aromatic rings. The summed E-state index contributed by atoms with van der Waals surface area (Å²) >= 11 is 0. The molecular weight excluding hydrogens is 320 g/mol. The summed E-state index contributed by atoms with van der Waals surface area (Å²) in [6.45, 7) is 2.77. The van der Waals surface area contributed by atoms with E-state index in [1.807, 2.05) is 0 Å². The number of nitrogens with one attached hydrogen (secondary N) is 2. The molecule has 0 radical (unpaired) electrons. The maximum Gasteiger partial charge on any atom is 0.272 e. The Labute approximate surface area is 145 Å². The van der Waals surface area contributed by atoms with E-state index in [-0.39, 0.29) is 11.8 Å². The number of carbonyl (C=O) groups excluding carboxylic acids is 2. The molecular formula is C17H22N6O2. The van der Waals surface area contributed by atoms with Crippen LogP contribution in [-0.2, 0) is 24.2 Å². The van der Waals surface area contributed by atoms with Gasteiger partial charge in [0.15, 0.2) is 5.69 Å². The highest BCUT2D eigenvalue weighted by atomic mass is 16.2. The van der Waals surface area contributed by atoms with Crippen LogP contribution >= 0.6 is 0 Å². The average Bonchev–Trinajstić information content (AvgIpc) is 3.21. The molecule has 132 valence electrons. The highest BCUT2D eigenvalue weighted by Gasteiger charge is 2.32. The maximum absolute atomic E-state index is 12.7. The first-order valence-corrected chi connectivity index (χ1v) is 8.71. The number of nitrogens with zero attached hydrogens (tertiary/aromatic N) is 4. The van der Waals surface area contributed by atoms with Crippen LogP contribution in [0, 0.1) is 5.92 Å². The molecule has 1 aliphatic carbocycles. The van der Waals surface area contributed by atoms with Gasteiger partial charge in [-0.1, -0.05) is 6.92 Å². The third kappa shape index (κ3) is 2.71. The molecule has 2 aliphatic rings. The fraction of sp³-hybridized carbons (Fsp3) is 0.529. The van der Waals surface area contributed by atoms with E-state index in [0.717, 1.165) is 36.3 Å². The van der Waals surface area contributed by atoms with Gasteiger partial charge in [0.05, 0.1) is 6.20 Å². The van der Waals surface area contributed by atoms with Crippen molar-refractivity contribution in [2.45, 2.75) is 45.2 Å². The third-order valence-corrected chi connectivity index (χ3v) is 5.21. The van der Waals surface area contributed by atoms with E-state index >= 15 is 0 Å². The zero-order chi connectivity index (χ0) is 17.6. The summed E-state index contributed by atoms with van der Waals surface area (Å²) in [5, 5.41) is 14.3. The summed E-state index contributed by atoms with van der Waals surface area (Å²) in [4.78, 5) is 27.0. The second-order valence-corrected chi connectivity index (χ2v) is 7.00. The van der Waals surface area contributed by atoms with Gasteiger partial charge in [0.2, 0.25) is 0 Å². The fourth-order valence-corrected chi connectivity index (χ4v) is 3.72. The van der Waals surface area contributed by atoms with Crippen molar-refractivity contribution >= 4 is 17.6 Å². The average molecular weight is 342 g/mol. The van der Waals surface area contributed by atoms with Crippen LogP contribution < -0.4 is 10.2 Å². The molecule has 0 bridgehead atoms. The molecule has 2 N–H and O–H groups in total. The van der Waals surface area contributed by atoms with Gasteiger partial charge in [-0.25, -0.2) is 4.68 Å². The van der Waals surface area contributed by atoms with E-state index in [2.05, 4.69) is 27.5 Å². The molecule has 0 aromatic carbocycles. The number of aromatic nitrogens is 4. The Hall–Kier alpha value is -2.64. The molecule has 8 heteroatoms. The zero-order valence-electron chi connectivity index (χ0n) is 14.5. The van der Waals surface area contributed by atoms with Gasteiger partial charge in [0.1, 0.15) is 11.9 Å². The van der Waals surface area contributed by atoms with Crippen LogP contribution in [-0.4, -0.2) is 44.9 Å².